The highest BCUT2D eigenvalue weighted by atomic mass is 35.5. The largest absolute Gasteiger partial charge is 0.308 e. The first-order chi connectivity index (χ1) is 7.93. The van der Waals surface area contributed by atoms with Crippen molar-refractivity contribution in [3.63, 3.8) is 0 Å². The zero-order chi connectivity index (χ0) is 13.4. The van der Waals surface area contributed by atoms with Gasteiger partial charge in [-0.25, -0.2) is 4.99 Å². The molecule has 4 nitrogen and oxygen atoms in total. The Morgan fingerprint density at radius 3 is 2.59 bits per heavy atom. The summed E-state index contributed by atoms with van der Waals surface area (Å²) in [5.74, 6) is 0.246. The lowest BCUT2D eigenvalue weighted by Crippen LogP contribution is -2.04. The van der Waals surface area contributed by atoms with Gasteiger partial charge in [-0.2, -0.15) is 0 Å². The fourth-order valence-electron chi connectivity index (χ4n) is 1.13. The van der Waals surface area contributed by atoms with Crippen LogP contribution >= 0.6 is 11.6 Å². The van der Waals surface area contributed by atoms with Crippen molar-refractivity contribution in [2.45, 2.75) is 40.0 Å². The van der Waals surface area contributed by atoms with E-state index in [-0.39, 0.29) is 16.8 Å². The lowest BCUT2D eigenvalue weighted by Gasteiger charge is -2.03. The minimum Gasteiger partial charge on any atom is -0.258 e. The van der Waals surface area contributed by atoms with Crippen molar-refractivity contribution < 1.29 is 4.92 Å². The van der Waals surface area contributed by atoms with Crippen molar-refractivity contribution >= 4 is 17.8 Å². The molecule has 0 aromatic carbocycles. The van der Waals surface area contributed by atoms with Crippen LogP contribution in [-0.4, -0.2) is 11.1 Å². The zero-order valence-electron chi connectivity index (χ0n) is 10.6. The molecule has 0 saturated heterocycles. The Kier molecular flexibility index (Phi) is 7.46. The molecular weight excluding hydrogens is 240 g/mol. The Morgan fingerprint density at radius 1 is 1.59 bits per heavy atom. The molecule has 0 aliphatic heterocycles. The third-order valence-electron chi connectivity index (χ3n) is 2.35. The highest BCUT2D eigenvalue weighted by Gasteiger charge is 2.20. The minimum absolute atomic E-state index is 0.0891. The number of hydrogen-bond acceptors (Lipinski definition) is 3. The number of halogens is 1. The van der Waals surface area contributed by atoms with Crippen LogP contribution in [0, 0.1) is 16.0 Å². The van der Waals surface area contributed by atoms with Crippen LogP contribution in [0.15, 0.2) is 28.0 Å². The van der Waals surface area contributed by atoms with Crippen molar-refractivity contribution in [2.75, 3.05) is 0 Å². The number of nitrogens with zero attached hydrogens (tertiary/aromatic N) is 2. The summed E-state index contributed by atoms with van der Waals surface area (Å²) in [5.41, 5.74) is 0.247. The van der Waals surface area contributed by atoms with E-state index < -0.39 is 4.92 Å². The van der Waals surface area contributed by atoms with E-state index in [1.54, 1.807) is 6.21 Å². The van der Waals surface area contributed by atoms with Gasteiger partial charge in [0.15, 0.2) is 0 Å². The Balaban J connectivity index is 5.06. The summed E-state index contributed by atoms with van der Waals surface area (Å²) in [4.78, 5) is 14.3. The molecule has 0 aromatic rings. The highest BCUT2D eigenvalue weighted by Crippen LogP contribution is 2.22. The Hall–Kier alpha value is -1.16. The van der Waals surface area contributed by atoms with Crippen LogP contribution in [0.1, 0.15) is 40.0 Å². The molecule has 96 valence electrons. The Bertz CT molecular complexity index is 348. The molecule has 0 heterocycles. The molecule has 0 aliphatic rings. The fourth-order valence-corrected chi connectivity index (χ4v) is 1.39. The first kappa shape index (κ1) is 15.8. The second-order valence-electron chi connectivity index (χ2n) is 3.91. The van der Waals surface area contributed by atoms with Crippen LogP contribution < -0.4 is 0 Å². The molecule has 0 N–H and O–H groups in total. The van der Waals surface area contributed by atoms with Gasteiger partial charge >= 0.3 is 5.70 Å². The molecule has 0 rings (SSSR count). The van der Waals surface area contributed by atoms with Crippen LogP contribution in [0.5, 0.6) is 0 Å². The smallest absolute Gasteiger partial charge is 0.258 e. The quantitative estimate of drug-likeness (QED) is 0.226. The van der Waals surface area contributed by atoms with Crippen LogP contribution in [-0.2, 0) is 0 Å². The summed E-state index contributed by atoms with van der Waals surface area (Å²) in [7, 11) is 0. The lowest BCUT2D eigenvalue weighted by atomic mass is 10.1. The maximum absolute atomic E-state index is 10.9. The van der Waals surface area contributed by atoms with Crippen molar-refractivity contribution in [3.05, 3.63) is 33.1 Å². The molecule has 1 atom stereocenters. The van der Waals surface area contributed by atoms with Crippen molar-refractivity contribution in [1.82, 2.24) is 0 Å². The lowest BCUT2D eigenvalue weighted by molar-refractivity contribution is -0.421. The van der Waals surface area contributed by atoms with Crippen molar-refractivity contribution in [2.24, 2.45) is 10.9 Å². The molecule has 0 amide bonds. The molecule has 1 unspecified atom stereocenters. The maximum atomic E-state index is 10.9. The van der Waals surface area contributed by atoms with Gasteiger partial charge in [-0.15, -0.1) is 0 Å². The van der Waals surface area contributed by atoms with Crippen LogP contribution in [0.4, 0.5) is 0 Å². The SMILES string of the molecule is C=C(CCC)/C(=C(Cl)\N=C/C(C)CC)[N+](=O)[O-]. The molecule has 17 heavy (non-hydrogen) atoms. The average molecular weight is 259 g/mol. The standard InChI is InChI=1S/C12H19ClN2O2/c1-5-7-10(4)11(15(16)17)12(13)14-8-9(3)6-2/h8-9H,4-7H2,1-3H3/b12-11+,14-8-. The molecule has 0 aromatic heterocycles. The van der Waals surface area contributed by atoms with Crippen LogP contribution in [0.2, 0.25) is 0 Å². The van der Waals surface area contributed by atoms with E-state index in [2.05, 4.69) is 11.6 Å². The summed E-state index contributed by atoms with van der Waals surface area (Å²) in [6, 6.07) is 0. The number of aliphatic imine (C=N–C) groups is 1. The Morgan fingerprint density at radius 2 is 2.18 bits per heavy atom. The number of nitro groups is 1. The topological polar surface area (TPSA) is 55.5 Å². The van der Waals surface area contributed by atoms with E-state index in [0.29, 0.717) is 12.0 Å². The third kappa shape index (κ3) is 5.63. The van der Waals surface area contributed by atoms with E-state index in [4.69, 9.17) is 11.6 Å². The molecule has 0 aliphatic carbocycles. The van der Waals surface area contributed by atoms with Gasteiger partial charge in [0.2, 0.25) is 5.16 Å². The number of allylic oxidation sites excluding steroid dienone is 1. The predicted octanol–water partition coefficient (Wildman–Crippen LogP) is 4.14. The van der Waals surface area contributed by atoms with Gasteiger partial charge in [0, 0.05) is 11.8 Å². The van der Waals surface area contributed by atoms with E-state index >= 15 is 0 Å². The fraction of sp³-hybridized carbons (Fsp3) is 0.583. The van der Waals surface area contributed by atoms with E-state index in [0.717, 1.165) is 12.8 Å². The maximum Gasteiger partial charge on any atom is 0.308 e. The summed E-state index contributed by atoms with van der Waals surface area (Å²) in [6.07, 6.45) is 3.88. The van der Waals surface area contributed by atoms with E-state index in [1.165, 1.54) is 0 Å². The number of hydrogen-bond donors (Lipinski definition) is 0. The summed E-state index contributed by atoms with van der Waals surface area (Å²) >= 11 is 5.85. The average Bonchev–Trinajstić information content (AvgIpc) is 2.25. The molecule has 0 spiro atoms. The second-order valence-corrected chi connectivity index (χ2v) is 4.27. The molecule has 0 bridgehead atoms. The van der Waals surface area contributed by atoms with E-state index in [1.807, 2.05) is 20.8 Å². The van der Waals surface area contributed by atoms with Gasteiger partial charge in [0.05, 0.1) is 4.92 Å². The van der Waals surface area contributed by atoms with Crippen molar-refractivity contribution in [3.8, 4) is 0 Å². The zero-order valence-corrected chi connectivity index (χ0v) is 11.3. The van der Waals surface area contributed by atoms with Crippen LogP contribution in [0.3, 0.4) is 0 Å². The van der Waals surface area contributed by atoms with Gasteiger partial charge in [-0.1, -0.05) is 45.4 Å². The summed E-state index contributed by atoms with van der Waals surface area (Å²) < 4.78 is 0. The first-order valence-electron chi connectivity index (χ1n) is 5.70. The summed E-state index contributed by atoms with van der Waals surface area (Å²) in [6.45, 7) is 9.59. The highest BCUT2D eigenvalue weighted by molar-refractivity contribution is 6.30. The second kappa shape index (κ2) is 8.01. The first-order valence-corrected chi connectivity index (χ1v) is 6.08. The minimum atomic E-state index is -0.520. The third-order valence-corrected chi connectivity index (χ3v) is 2.63. The van der Waals surface area contributed by atoms with Gasteiger partial charge < -0.3 is 0 Å². The van der Waals surface area contributed by atoms with Crippen molar-refractivity contribution in [1.29, 1.82) is 0 Å². The summed E-state index contributed by atoms with van der Waals surface area (Å²) in [5, 5.41) is 10.8. The normalized spacial score (nSPS) is 14.6. The van der Waals surface area contributed by atoms with Gasteiger partial charge in [0.1, 0.15) is 0 Å². The van der Waals surface area contributed by atoms with E-state index in [9.17, 15) is 10.1 Å². The molecule has 0 fully saturated rings. The van der Waals surface area contributed by atoms with Crippen LogP contribution in [0.25, 0.3) is 0 Å². The van der Waals surface area contributed by atoms with Gasteiger partial charge in [0.25, 0.3) is 0 Å². The van der Waals surface area contributed by atoms with Gasteiger partial charge in [-0.05, 0) is 18.8 Å². The van der Waals surface area contributed by atoms with Gasteiger partial charge in [-0.3, -0.25) is 10.1 Å². The Labute approximate surface area is 107 Å². The number of rotatable bonds is 7. The molecule has 0 radical (unpaired) electrons. The monoisotopic (exact) mass is 258 g/mol. The predicted molar refractivity (Wildman–Crippen MR) is 71.9 cm³/mol. The molecule has 0 saturated carbocycles. The molecular formula is C12H19ClN2O2. The molecule has 5 heteroatoms.